The largest absolute Gasteiger partial charge is 0.496 e. The van der Waals surface area contributed by atoms with Crippen LogP contribution in [0.25, 0.3) is 0 Å². The minimum Gasteiger partial charge on any atom is -0.496 e. The topological polar surface area (TPSA) is 35.5 Å². The molecule has 0 spiro atoms. The van der Waals surface area contributed by atoms with Crippen molar-refractivity contribution < 1.29 is 14.3 Å². The maximum absolute atomic E-state index is 11.3. The van der Waals surface area contributed by atoms with Crippen molar-refractivity contribution in [2.24, 2.45) is 0 Å². The van der Waals surface area contributed by atoms with Crippen molar-refractivity contribution in [2.75, 3.05) is 20.3 Å². The van der Waals surface area contributed by atoms with Crippen LogP contribution in [0.4, 0.5) is 0 Å². The third-order valence-electron chi connectivity index (χ3n) is 3.91. The zero-order chi connectivity index (χ0) is 14.0. The lowest BCUT2D eigenvalue weighted by Gasteiger charge is -2.43. The van der Waals surface area contributed by atoms with Gasteiger partial charge in [0.1, 0.15) is 11.5 Å². The molecule has 1 heterocycles. The van der Waals surface area contributed by atoms with E-state index in [-0.39, 0.29) is 11.2 Å². The van der Waals surface area contributed by atoms with Crippen LogP contribution < -0.4 is 4.74 Å². The Morgan fingerprint density at radius 1 is 1.37 bits per heavy atom. The number of ether oxygens (including phenoxy) is 2. The number of hydrogen-bond acceptors (Lipinski definition) is 3. The van der Waals surface area contributed by atoms with E-state index in [2.05, 4.69) is 26.0 Å². The number of Topliss-reactive ketones (excluding diaryl/α,β-unsaturated/α-hetero) is 1. The summed E-state index contributed by atoms with van der Waals surface area (Å²) in [6.45, 7) is 7.16. The van der Waals surface area contributed by atoms with Crippen LogP contribution in [0.5, 0.6) is 5.75 Å². The molecule has 1 fully saturated rings. The summed E-state index contributed by atoms with van der Waals surface area (Å²) in [5.41, 5.74) is 3.52. The standard InChI is InChI=1S/C16H22O3/c1-11-7-12(2)15(18-4)14(8-11)16(9-19-10-16)6-5-13(3)17/h7-8H,5-6,9-10H2,1-4H3. The van der Waals surface area contributed by atoms with Gasteiger partial charge in [0, 0.05) is 17.4 Å². The summed E-state index contributed by atoms with van der Waals surface area (Å²) in [4.78, 5) is 11.3. The third-order valence-corrected chi connectivity index (χ3v) is 3.91. The second-order valence-electron chi connectivity index (χ2n) is 5.64. The van der Waals surface area contributed by atoms with Crippen molar-refractivity contribution in [1.82, 2.24) is 0 Å². The first-order valence-electron chi connectivity index (χ1n) is 6.71. The molecular weight excluding hydrogens is 240 g/mol. The summed E-state index contributed by atoms with van der Waals surface area (Å²) in [6, 6.07) is 4.30. The lowest BCUT2D eigenvalue weighted by atomic mass is 9.73. The molecule has 0 atom stereocenters. The normalized spacial score (nSPS) is 16.8. The first-order chi connectivity index (χ1) is 8.98. The number of aryl methyl sites for hydroxylation is 2. The zero-order valence-electron chi connectivity index (χ0n) is 12.2. The second kappa shape index (κ2) is 5.33. The Bertz CT molecular complexity index is 487. The fourth-order valence-electron chi connectivity index (χ4n) is 2.82. The predicted molar refractivity (Wildman–Crippen MR) is 74.9 cm³/mol. The first kappa shape index (κ1) is 14.1. The molecule has 104 valence electrons. The van der Waals surface area contributed by atoms with Gasteiger partial charge in [0.05, 0.1) is 20.3 Å². The summed E-state index contributed by atoms with van der Waals surface area (Å²) in [7, 11) is 1.71. The fourth-order valence-corrected chi connectivity index (χ4v) is 2.82. The highest BCUT2D eigenvalue weighted by atomic mass is 16.5. The van der Waals surface area contributed by atoms with Crippen molar-refractivity contribution in [3.63, 3.8) is 0 Å². The molecule has 1 aliphatic heterocycles. The van der Waals surface area contributed by atoms with Crippen molar-refractivity contribution in [1.29, 1.82) is 0 Å². The molecule has 0 bridgehead atoms. The molecule has 1 saturated heterocycles. The molecular formula is C16H22O3. The number of rotatable bonds is 5. The lowest BCUT2D eigenvalue weighted by molar-refractivity contribution is -0.119. The monoisotopic (exact) mass is 262 g/mol. The van der Waals surface area contributed by atoms with Crippen LogP contribution >= 0.6 is 0 Å². The summed E-state index contributed by atoms with van der Waals surface area (Å²) >= 11 is 0. The first-order valence-corrected chi connectivity index (χ1v) is 6.71. The van der Waals surface area contributed by atoms with Crippen LogP contribution in [-0.2, 0) is 14.9 Å². The summed E-state index contributed by atoms with van der Waals surface area (Å²) in [5.74, 6) is 1.17. The molecule has 1 aliphatic rings. The number of ketones is 1. The van der Waals surface area contributed by atoms with Crippen molar-refractivity contribution in [3.8, 4) is 5.75 Å². The van der Waals surface area contributed by atoms with E-state index in [1.807, 2.05) is 0 Å². The molecule has 0 N–H and O–H groups in total. The van der Waals surface area contributed by atoms with Gasteiger partial charge >= 0.3 is 0 Å². The Kier molecular flexibility index (Phi) is 3.95. The van der Waals surface area contributed by atoms with Crippen LogP contribution in [0.3, 0.4) is 0 Å². The summed E-state index contributed by atoms with van der Waals surface area (Å²) in [5, 5.41) is 0. The van der Waals surface area contributed by atoms with Crippen LogP contribution in [0.15, 0.2) is 12.1 Å². The Hall–Kier alpha value is -1.35. The Balaban J connectivity index is 2.40. The Morgan fingerprint density at radius 2 is 2.05 bits per heavy atom. The highest BCUT2D eigenvalue weighted by Gasteiger charge is 2.42. The number of benzene rings is 1. The van der Waals surface area contributed by atoms with Gasteiger partial charge in [-0.05, 0) is 32.8 Å². The smallest absolute Gasteiger partial charge is 0.129 e. The van der Waals surface area contributed by atoms with Gasteiger partial charge in [-0.25, -0.2) is 0 Å². The maximum Gasteiger partial charge on any atom is 0.129 e. The average molecular weight is 262 g/mol. The van der Waals surface area contributed by atoms with E-state index < -0.39 is 0 Å². The third kappa shape index (κ3) is 2.66. The van der Waals surface area contributed by atoms with Crippen LogP contribution in [0.1, 0.15) is 36.5 Å². The molecule has 3 nitrogen and oxygen atoms in total. The van der Waals surface area contributed by atoms with Gasteiger partial charge in [-0.2, -0.15) is 0 Å². The van der Waals surface area contributed by atoms with E-state index in [0.717, 1.165) is 17.7 Å². The minimum atomic E-state index is -0.0478. The van der Waals surface area contributed by atoms with Crippen LogP contribution in [0.2, 0.25) is 0 Å². The molecule has 0 amide bonds. The van der Waals surface area contributed by atoms with E-state index in [9.17, 15) is 4.79 Å². The molecule has 0 aromatic heterocycles. The number of methoxy groups -OCH3 is 1. The molecule has 0 radical (unpaired) electrons. The van der Waals surface area contributed by atoms with Gasteiger partial charge in [0.2, 0.25) is 0 Å². The fraction of sp³-hybridized carbons (Fsp3) is 0.562. The SMILES string of the molecule is COc1c(C)cc(C)cc1C1(CCC(C)=O)COC1. The van der Waals surface area contributed by atoms with Gasteiger partial charge in [0.15, 0.2) is 0 Å². The minimum absolute atomic E-state index is 0.0478. The number of hydrogen-bond donors (Lipinski definition) is 0. The van der Waals surface area contributed by atoms with Crippen molar-refractivity contribution >= 4 is 5.78 Å². The van der Waals surface area contributed by atoms with Gasteiger partial charge in [0.25, 0.3) is 0 Å². The molecule has 2 rings (SSSR count). The van der Waals surface area contributed by atoms with E-state index >= 15 is 0 Å². The lowest BCUT2D eigenvalue weighted by Crippen LogP contribution is -2.47. The number of carbonyl (C=O) groups excluding carboxylic acids is 1. The highest BCUT2D eigenvalue weighted by Crippen LogP contribution is 2.43. The number of carbonyl (C=O) groups is 1. The van der Waals surface area contributed by atoms with E-state index in [4.69, 9.17) is 9.47 Å². The van der Waals surface area contributed by atoms with Gasteiger partial charge in [-0.15, -0.1) is 0 Å². The molecule has 0 aliphatic carbocycles. The summed E-state index contributed by atoms with van der Waals surface area (Å²) < 4.78 is 11.0. The van der Waals surface area contributed by atoms with E-state index in [0.29, 0.717) is 19.6 Å². The van der Waals surface area contributed by atoms with Crippen LogP contribution in [0, 0.1) is 13.8 Å². The van der Waals surface area contributed by atoms with Gasteiger partial charge in [-0.3, -0.25) is 0 Å². The van der Waals surface area contributed by atoms with Crippen molar-refractivity contribution in [3.05, 3.63) is 28.8 Å². The Labute approximate surface area is 114 Å². The molecule has 3 heteroatoms. The quantitative estimate of drug-likeness (QED) is 0.818. The highest BCUT2D eigenvalue weighted by molar-refractivity contribution is 5.75. The molecule has 0 unspecified atom stereocenters. The molecule has 1 aromatic carbocycles. The Morgan fingerprint density at radius 3 is 2.53 bits per heavy atom. The average Bonchev–Trinajstić information content (AvgIpc) is 2.26. The van der Waals surface area contributed by atoms with Crippen molar-refractivity contribution in [2.45, 2.75) is 39.0 Å². The molecule has 1 aromatic rings. The van der Waals surface area contributed by atoms with Gasteiger partial charge in [-0.1, -0.05) is 17.7 Å². The maximum atomic E-state index is 11.3. The molecule has 0 saturated carbocycles. The van der Waals surface area contributed by atoms with Crippen LogP contribution in [-0.4, -0.2) is 26.1 Å². The van der Waals surface area contributed by atoms with E-state index in [1.165, 1.54) is 11.1 Å². The molecule has 19 heavy (non-hydrogen) atoms. The van der Waals surface area contributed by atoms with Gasteiger partial charge < -0.3 is 14.3 Å². The predicted octanol–water partition coefficient (Wildman–Crippen LogP) is 2.95. The second-order valence-corrected chi connectivity index (χ2v) is 5.64. The van der Waals surface area contributed by atoms with E-state index in [1.54, 1.807) is 14.0 Å². The summed E-state index contributed by atoms with van der Waals surface area (Å²) in [6.07, 6.45) is 1.43. The zero-order valence-corrected chi connectivity index (χ0v) is 12.2.